The van der Waals surface area contributed by atoms with Gasteiger partial charge in [0, 0.05) is 12.3 Å². The maximum atomic E-state index is 10.9. The molecular weight excluding hydrogens is 232 g/mol. The van der Waals surface area contributed by atoms with Crippen molar-refractivity contribution in [3.05, 3.63) is 0 Å². The van der Waals surface area contributed by atoms with Crippen LogP contribution in [0.4, 0.5) is 0 Å². The van der Waals surface area contributed by atoms with Gasteiger partial charge in [0.05, 0.1) is 0 Å². The van der Waals surface area contributed by atoms with Gasteiger partial charge in [-0.05, 0) is 60.2 Å². The molecule has 0 N–H and O–H groups in total. The quantitative estimate of drug-likeness (QED) is 0.693. The molecule has 1 nitrogen and oxygen atoms in total. The van der Waals surface area contributed by atoms with Crippen molar-refractivity contribution in [3.63, 3.8) is 0 Å². The number of hydrogen-bond donors (Lipinski definition) is 0. The lowest BCUT2D eigenvalue weighted by Crippen LogP contribution is -2.60. The zero-order valence-electron chi connectivity index (χ0n) is 10.9. The highest BCUT2D eigenvalue weighted by molar-refractivity contribution is 6.18. The Morgan fingerprint density at radius 2 is 1.47 bits per heavy atom. The summed E-state index contributed by atoms with van der Waals surface area (Å²) in [5, 5.41) is 0. The maximum Gasteiger partial charge on any atom is 0.198 e. The molecule has 4 bridgehead atoms. The van der Waals surface area contributed by atoms with Crippen molar-refractivity contribution in [2.24, 2.45) is 21.7 Å². The molecule has 2 heteroatoms. The van der Waals surface area contributed by atoms with E-state index in [0.717, 1.165) is 5.88 Å². The van der Waals surface area contributed by atoms with Crippen LogP contribution in [-0.4, -0.2) is 12.2 Å². The SMILES string of the molecule is CC12CC3(C)CC(CCl)(C1)CC(C[C]=O)(C2)C3. The van der Waals surface area contributed by atoms with E-state index in [-0.39, 0.29) is 5.41 Å². The lowest BCUT2D eigenvalue weighted by molar-refractivity contribution is -0.179. The van der Waals surface area contributed by atoms with E-state index in [1.165, 1.54) is 38.5 Å². The maximum absolute atomic E-state index is 10.9. The van der Waals surface area contributed by atoms with Gasteiger partial charge in [0.25, 0.3) is 0 Å². The van der Waals surface area contributed by atoms with Crippen LogP contribution in [-0.2, 0) is 4.79 Å². The normalized spacial score (nSPS) is 56.2. The van der Waals surface area contributed by atoms with Gasteiger partial charge in [-0.15, -0.1) is 11.6 Å². The van der Waals surface area contributed by atoms with Gasteiger partial charge in [-0.2, -0.15) is 0 Å². The van der Waals surface area contributed by atoms with Crippen molar-refractivity contribution in [1.82, 2.24) is 0 Å². The predicted molar refractivity (Wildman–Crippen MR) is 69.8 cm³/mol. The van der Waals surface area contributed by atoms with Crippen molar-refractivity contribution >= 4 is 17.9 Å². The second-order valence-corrected chi connectivity index (χ2v) is 8.40. The molecule has 17 heavy (non-hydrogen) atoms. The Balaban J connectivity index is 2.04. The molecule has 4 fully saturated rings. The Kier molecular flexibility index (Phi) is 2.32. The number of hydrogen-bond acceptors (Lipinski definition) is 1. The molecule has 4 aliphatic rings. The molecule has 4 aliphatic carbocycles. The summed E-state index contributed by atoms with van der Waals surface area (Å²) in [6.45, 7) is 4.84. The average Bonchev–Trinajstić information content (AvgIpc) is 2.11. The molecule has 0 amide bonds. The van der Waals surface area contributed by atoms with Gasteiger partial charge in [0.2, 0.25) is 0 Å². The first-order valence-electron chi connectivity index (χ1n) is 6.77. The van der Waals surface area contributed by atoms with Gasteiger partial charge < -0.3 is 0 Å². The van der Waals surface area contributed by atoms with Crippen LogP contribution < -0.4 is 0 Å². The third kappa shape index (κ3) is 1.69. The Labute approximate surface area is 109 Å². The van der Waals surface area contributed by atoms with Gasteiger partial charge in [-0.3, -0.25) is 4.79 Å². The molecular formula is C15H22ClO. The minimum Gasteiger partial charge on any atom is -0.291 e. The van der Waals surface area contributed by atoms with Crippen molar-refractivity contribution in [3.8, 4) is 0 Å². The fraction of sp³-hybridized carbons (Fsp3) is 0.933. The third-order valence-electron chi connectivity index (χ3n) is 5.54. The van der Waals surface area contributed by atoms with E-state index in [0.29, 0.717) is 22.7 Å². The third-order valence-corrected chi connectivity index (χ3v) is 6.11. The van der Waals surface area contributed by atoms with Gasteiger partial charge in [0.15, 0.2) is 6.29 Å². The summed E-state index contributed by atoms with van der Waals surface area (Å²) in [5.41, 5.74) is 1.40. The molecule has 0 saturated heterocycles. The average molecular weight is 254 g/mol. The standard InChI is InChI=1S/C15H22ClO/c1-12-5-13(2)7-14(6-12,3-4-17)10-15(8-12,9-13)11-16/h3,5-11H2,1-2H3. The summed E-state index contributed by atoms with van der Waals surface area (Å²) in [6.07, 6.45) is 10.4. The lowest BCUT2D eigenvalue weighted by Gasteiger charge is -2.69. The summed E-state index contributed by atoms with van der Waals surface area (Å²) < 4.78 is 0. The fourth-order valence-electron chi connectivity index (χ4n) is 6.68. The van der Waals surface area contributed by atoms with E-state index < -0.39 is 0 Å². The van der Waals surface area contributed by atoms with Gasteiger partial charge in [-0.25, -0.2) is 0 Å². The zero-order valence-corrected chi connectivity index (χ0v) is 11.7. The van der Waals surface area contributed by atoms with Crippen molar-refractivity contribution < 1.29 is 4.79 Å². The van der Waals surface area contributed by atoms with Gasteiger partial charge >= 0.3 is 0 Å². The minimum absolute atomic E-state index is 0.231. The monoisotopic (exact) mass is 253 g/mol. The second-order valence-electron chi connectivity index (χ2n) is 8.14. The van der Waals surface area contributed by atoms with E-state index in [1.54, 1.807) is 0 Å². The van der Waals surface area contributed by atoms with Gasteiger partial charge in [-0.1, -0.05) is 13.8 Å². The Hall–Kier alpha value is -0.0400. The minimum atomic E-state index is 0.231. The fourth-order valence-corrected chi connectivity index (χ4v) is 6.96. The highest BCUT2D eigenvalue weighted by Crippen LogP contribution is 2.74. The number of carbonyl (C=O) groups excluding carboxylic acids is 1. The van der Waals surface area contributed by atoms with Crippen LogP contribution in [0, 0.1) is 21.7 Å². The van der Waals surface area contributed by atoms with Crippen LogP contribution in [0.1, 0.15) is 58.8 Å². The molecule has 0 aromatic carbocycles. The van der Waals surface area contributed by atoms with Crippen molar-refractivity contribution in [2.75, 3.05) is 5.88 Å². The van der Waals surface area contributed by atoms with E-state index in [2.05, 4.69) is 20.1 Å². The molecule has 0 heterocycles. The molecule has 2 atom stereocenters. The topological polar surface area (TPSA) is 17.1 Å². The molecule has 4 rings (SSSR count). The summed E-state index contributed by atoms with van der Waals surface area (Å²) in [4.78, 5) is 10.9. The van der Waals surface area contributed by atoms with Crippen LogP contribution in [0.2, 0.25) is 0 Å². The molecule has 4 saturated carbocycles. The lowest BCUT2D eigenvalue weighted by atomic mass is 9.36. The highest BCUT2D eigenvalue weighted by atomic mass is 35.5. The molecule has 0 aliphatic heterocycles. The van der Waals surface area contributed by atoms with Crippen LogP contribution in [0.5, 0.6) is 0 Å². The first kappa shape index (κ1) is 12.0. The van der Waals surface area contributed by atoms with E-state index in [4.69, 9.17) is 11.6 Å². The predicted octanol–water partition coefficient (Wildman–Crippen LogP) is 4.09. The van der Waals surface area contributed by atoms with E-state index in [9.17, 15) is 4.79 Å². The molecule has 0 spiro atoms. The molecule has 0 aromatic rings. The van der Waals surface area contributed by atoms with Gasteiger partial charge in [0.1, 0.15) is 0 Å². The first-order valence-corrected chi connectivity index (χ1v) is 7.31. The highest BCUT2D eigenvalue weighted by Gasteiger charge is 2.64. The largest absolute Gasteiger partial charge is 0.291 e. The first-order chi connectivity index (χ1) is 7.86. The summed E-state index contributed by atoms with van der Waals surface area (Å²) in [7, 11) is 0. The molecule has 2 unspecified atom stereocenters. The number of alkyl halides is 1. The number of rotatable bonds is 3. The summed E-state index contributed by atoms with van der Waals surface area (Å²) in [5.74, 6) is 0.777. The summed E-state index contributed by atoms with van der Waals surface area (Å²) >= 11 is 6.31. The molecule has 1 radical (unpaired) electrons. The van der Waals surface area contributed by atoms with Crippen LogP contribution in [0.15, 0.2) is 0 Å². The smallest absolute Gasteiger partial charge is 0.198 e. The van der Waals surface area contributed by atoms with Crippen LogP contribution in [0.3, 0.4) is 0 Å². The number of halogens is 1. The summed E-state index contributed by atoms with van der Waals surface area (Å²) in [6, 6.07) is 0. The van der Waals surface area contributed by atoms with E-state index in [1.807, 2.05) is 0 Å². The molecule has 95 valence electrons. The van der Waals surface area contributed by atoms with Crippen molar-refractivity contribution in [2.45, 2.75) is 58.8 Å². The van der Waals surface area contributed by atoms with Crippen LogP contribution in [0.25, 0.3) is 0 Å². The van der Waals surface area contributed by atoms with E-state index >= 15 is 0 Å². The van der Waals surface area contributed by atoms with Crippen LogP contribution >= 0.6 is 11.6 Å². The van der Waals surface area contributed by atoms with Crippen molar-refractivity contribution in [1.29, 1.82) is 0 Å². The molecule has 0 aromatic heterocycles. The Bertz CT molecular complexity index is 344. The Morgan fingerprint density at radius 1 is 0.941 bits per heavy atom. The second kappa shape index (κ2) is 3.29. The Morgan fingerprint density at radius 3 is 1.94 bits per heavy atom. The zero-order chi connectivity index (χ0) is 12.4.